The number of amides is 1. The molecule has 0 fully saturated rings. The van der Waals surface area contributed by atoms with Crippen molar-refractivity contribution < 1.29 is 4.79 Å². The molecular formula is C12H12ClN3OS. The Hall–Kier alpha value is -1.46. The lowest BCUT2D eigenvalue weighted by Crippen LogP contribution is -2.11. The molecule has 2 rings (SSSR count). The highest BCUT2D eigenvalue weighted by Gasteiger charge is 2.10. The average molecular weight is 282 g/mol. The van der Waals surface area contributed by atoms with Crippen molar-refractivity contribution in [1.82, 2.24) is 10.2 Å². The Kier molecular flexibility index (Phi) is 4.28. The monoisotopic (exact) mass is 281 g/mol. The summed E-state index contributed by atoms with van der Waals surface area (Å²) in [6.45, 7) is 2.02. The smallest absolute Gasteiger partial charge is 0.227 e. The van der Waals surface area contributed by atoms with Crippen molar-refractivity contribution in [2.75, 3.05) is 11.2 Å². The van der Waals surface area contributed by atoms with E-state index in [2.05, 4.69) is 15.5 Å². The molecule has 0 unspecified atom stereocenters. The zero-order valence-electron chi connectivity index (χ0n) is 9.81. The van der Waals surface area contributed by atoms with Gasteiger partial charge < -0.3 is 5.32 Å². The third-order valence-electron chi connectivity index (χ3n) is 2.37. The van der Waals surface area contributed by atoms with E-state index in [9.17, 15) is 4.79 Å². The number of alkyl halides is 1. The van der Waals surface area contributed by atoms with Crippen LogP contribution < -0.4 is 5.32 Å². The fourth-order valence-corrected chi connectivity index (χ4v) is 2.48. The van der Waals surface area contributed by atoms with E-state index in [-0.39, 0.29) is 12.3 Å². The third kappa shape index (κ3) is 3.05. The van der Waals surface area contributed by atoms with Crippen molar-refractivity contribution in [2.24, 2.45) is 0 Å². The lowest BCUT2D eigenvalue weighted by molar-refractivity contribution is -0.115. The minimum Gasteiger partial charge on any atom is -0.300 e. The largest absolute Gasteiger partial charge is 0.300 e. The van der Waals surface area contributed by atoms with Gasteiger partial charge in [0.25, 0.3) is 0 Å². The number of hydrogen-bond donors (Lipinski definition) is 1. The number of hydrogen-bond acceptors (Lipinski definition) is 4. The van der Waals surface area contributed by atoms with Crippen molar-refractivity contribution in [3.63, 3.8) is 0 Å². The summed E-state index contributed by atoms with van der Waals surface area (Å²) in [7, 11) is 0. The number of nitrogens with one attached hydrogen (secondary N) is 1. The van der Waals surface area contributed by atoms with E-state index in [0.29, 0.717) is 11.0 Å². The first-order chi connectivity index (χ1) is 8.70. The van der Waals surface area contributed by atoms with Gasteiger partial charge in [-0.1, -0.05) is 35.6 Å². The molecule has 18 heavy (non-hydrogen) atoms. The van der Waals surface area contributed by atoms with Crippen LogP contribution in [0.5, 0.6) is 0 Å². The van der Waals surface area contributed by atoms with Gasteiger partial charge in [-0.2, -0.15) is 0 Å². The Balaban J connectivity index is 2.16. The molecule has 1 N–H and O–H groups in total. The van der Waals surface area contributed by atoms with E-state index in [1.54, 1.807) is 0 Å². The van der Waals surface area contributed by atoms with Crippen molar-refractivity contribution in [3.05, 3.63) is 29.8 Å². The Morgan fingerprint density at radius 1 is 1.39 bits per heavy atom. The van der Waals surface area contributed by atoms with Crippen LogP contribution in [0.4, 0.5) is 5.13 Å². The summed E-state index contributed by atoms with van der Waals surface area (Å²) in [5.74, 6) is 0.160. The molecule has 1 amide bonds. The first-order valence-electron chi connectivity index (χ1n) is 5.46. The first kappa shape index (κ1) is 13.0. The number of nitrogens with zero attached hydrogens (tertiary/aromatic N) is 2. The molecule has 0 aliphatic rings. The molecule has 0 saturated carbocycles. The first-order valence-corrected chi connectivity index (χ1v) is 6.81. The van der Waals surface area contributed by atoms with Gasteiger partial charge in [0.2, 0.25) is 11.0 Å². The van der Waals surface area contributed by atoms with Crippen LogP contribution >= 0.6 is 22.9 Å². The van der Waals surface area contributed by atoms with Gasteiger partial charge in [0.15, 0.2) is 0 Å². The highest BCUT2D eigenvalue weighted by Crippen LogP contribution is 2.28. The van der Waals surface area contributed by atoms with Crippen molar-refractivity contribution in [2.45, 2.75) is 13.3 Å². The maximum Gasteiger partial charge on any atom is 0.227 e. The van der Waals surface area contributed by atoms with Crippen LogP contribution in [0.15, 0.2) is 24.3 Å². The molecule has 94 valence electrons. The normalized spacial score (nSPS) is 10.3. The molecule has 4 nitrogen and oxygen atoms in total. The fraction of sp³-hybridized carbons (Fsp3) is 0.250. The van der Waals surface area contributed by atoms with E-state index in [4.69, 9.17) is 11.6 Å². The molecule has 1 heterocycles. The molecule has 0 bridgehead atoms. The topological polar surface area (TPSA) is 54.9 Å². The average Bonchev–Trinajstić information content (AvgIpc) is 2.78. The van der Waals surface area contributed by atoms with Gasteiger partial charge in [-0.05, 0) is 12.5 Å². The summed E-state index contributed by atoms with van der Waals surface area (Å²) >= 11 is 6.85. The van der Waals surface area contributed by atoms with Gasteiger partial charge in [0.05, 0.1) is 0 Å². The number of aromatic nitrogens is 2. The number of carbonyl (C=O) groups is 1. The Morgan fingerprint density at radius 3 is 2.89 bits per heavy atom. The summed E-state index contributed by atoms with van der Waals surface area (Å²) in [4.78, 5) is 11.4. The molecular weight excluding hydrogens is 270 g/mol. The molecule has 0 radical (unpaired) electrons. The summed E-state index contributed by atoms with van der Waals surface area (Å²) in [5, 5.41) is 12.0. The standard InChI is InChI=1S/C12H12ClN3OS/c1-8-4-2-3-5-9(8)11-15-16-12(18-11)14-10(17)6-7-13/h2-5H,6-7H2,1H3,(H,14,16,17). The van der Waals surface area contributed by atoms with Crippen LogP contribution in [0, 0.1) is 6.92 Å². The minimum absolute atomic E-state index is 0.141. The Labute approximate surface area is 114 Å². The van der Waals surface area contributed by atoms with Gasteiger partial charge in [-0.15, -0.1) is 21.8 Å². The third-order valence-corrected chi connectivity index (χ3v) is 3.43. The zero-order chi connectivity index (χ0) is 13.0. The zero-order valence-corrected chi connectivity index (χ0v) is 11.4. The van der Waals surface area contributed by atoms with Gasteiger partial charge in [0, 0.05) is 17.9 Å². The second kappa shape index (κ2) is 5.93. The lowest BCUT2D eigenvalue weighted by atomic mass is 10.1. The number of aryl methyl sites for hydroxylation is 1. The van der Waals surface area contributed by atoms with Gasteiger partial charge in [0.1, 0.15) is 5.01 Å². The molecule has 0 spiro atoms. The van der Waals surface area contributed by atoms with Crippen molar-refractivity contribution in [3.8, 4) is 10.6 Å². The lowest BCUT2D eigenvalue weighted by Gasteiger charge is -1.99. The molecule has 0 aliphatic carbocycles. The van der Waals surface area contributed by atoms with Crippen LogP contribution in [-0.2, 0) is 4.79 Å². The van der Waals surface area contributed by atoms with Gasteiger partial charge >= 0.3 is 0 Å². The molecule has 1 aromatic carbocycles. The molecule has 1 aromatic heterocycles. The molecule has 0 aliphatic heterocycles. The number of halogens is 1. The highest BCUT2D eigenvalue weighted by atomic mass is 35.5. The summed E-state index contributed by atoms with van der Waals surface area (Å²) in [5.41, 5.74) is 2.17. The van der Waals surface area contributed by atoms with Crippen LogP contribution in [0.2, 0.25) is 0 Å². The number of carbonyl (C=O) groups excluding carboxylic acids is 1. The van der Waals surface area contributed by atoms with Crippen LogP contribution in [-0.4, -0.2) is 22.0 Å². The van der Waals surface area contributed by atoms with E-state index in [1.807, 2.05) is 31.2 Å². The van der Waals surface area contributed by atoms with Crippen molar-refractivity contribution >= 4 is 34.0 Å². The number of anilines is 1. The summed E-state index contributed by atoms with van der Waals surface area (Å²) in [6, 6.07) is 7.93. The van der Waals surface area contributed by atoms with Gasteiger partial charge in [-0.25, -0.2) is 0 Å². The van der Waals surface area contributed by atoms with Crippen molar-refractivity contribution in [1.29, 1.82) is 0 Å². The van der Waals surface area contributed by atoms with E-state index >= 15 is 0 Å². The Bertz CT molecular complexity index is 556. The predicted molar refractivity (Wildman–Crippen MR) is 74.0 cm³/mol. The van der Waals surface area contributed by atoms with E-state index in [1.165, 1.54) is 11.3 Å². The van der Waals surface area contributed by atoms with Crippen LogP contribution in [0.25, 0.3) is 10.6 Å². The van der Waals surface area contributed by atoms with E-state index in [0.717, 1.165) is 16.1 Å². The second-order valence-electron chi connectivity index (χ2n) is 3.71. The quantitative estimate of drug-likeness (QED) is 0.876. The second-order valence-corrected chi connectivity index (χ2v) is 5.07. The van der Waals surface area contributed by atoms with Gasteiger partial charge in [-0.3, -0.25) is 4.79 Å². The Morgan fingerprint density at radius 2 is 2.17 bits per heavy atom. The molecule has 0 saturated heterocycles. The number of benzene rings is 1. The van der Waals surface area contributed by atoms with Crippen LogP contribution in [0.3, 0.4) is 0 Å². The predicted octanol–water partition coefficient (Wildman–Crippen LogP) is 3.08. The highest BCUT2D eigenvalue weighted by molar-refractivity contribution is 7.18. The summed E-state index contributed by atoms with van der Waals surface area (Å²) < 4.78 is 0. The minimum atomic E-state index is -0.141. The molecule has 6 heteroatoms. The van der Waals surface area contributed by atoms with E-state index < -0.39 is 0 Å². The maximum absolute atomic E-state index is 11.4. The van der Waals surface area contributed by atoms with Crippen LogP contribution in [0.1, 0.15) is 12.0 Å². The fourth-order valence-electron chi connectivity index (χ4n) is 1.46. The SMILES string of the molecule is Cc1ccccc1-c1nnc(NC(=O)CCCl)s1. The maximum atomic E-state index is 11.4. The summed E-state index contributed by atoms with van der Waals surface area (Å²) in [6.07, 6.45) is 0.279. The number of rotatable bonds is 4. The molecule has 2 aromatic rings. The molecule has 0 atom stereocenters.